The molecule has 2 aromatic carbocycles. The van der Waals surface area contributed by atoms with Crippen molar-refractivity contribution in [1.29, 1.82) is 0 Å². The molecular weight excluding hydrogens is 383 g/mol. The van der Waals surface area contributed by atoms with E-state index in [0.717, 1.165) is 23.2 Å². The van der Waals surface area contributed by atoms with E-state index in [1.54, 1.807) is 12.5 Å². The monoisotopic (exact) mass is 403 g/mol. The van der Waals surface area contributed by atoms with E-state index in [0.29, 0.717) is 13.1 Å². The van der Waals surface area contributed by atoms with E-state index in [-0.39, 0.29) is 11.7 Å². The van der Waals surface area contributed by atoms with Crippen LogP contribution in [0.4, 0.5) is 13.2 Å². The summed E-state index contributed by atoms with van der Waals surface area (Å²) >= 11 is 0. The first-order valence-electron chi connectivity index (χ1n) is 8.79. The fourth-order valence-electron chi connectivity index (χ4n) is 2.65. The second-order valence-electron chi connectivity index (χ2n) is 6.30. The third kappa shape index (κ3) is 6.87. The van der Waals surface area contributed by atoms with E-state index in [1.807, 2.05) is 29.0 Å². The molecule has 29 heavy (non-hydrogen) atoms. The summed E-state index contributed by atoms with van der Waals surface area (Å²) in [5, 5.41) is 2.94. The Bertz CT molecular complexity index is 938. The zero-order chi connectivity index (χ0) is 20.7. The van der Waals surface area contributed by atoms with Crippen molar-refractivity contribution in [3.63, 3.8) is 0 Å². The lowest BCUT2D eigenvalue weighted by molar-refractivity contribution is -0.274. The van der Waals surface area contributed by atoms with Crippen LogP contribution in [0, 0.1) is 0 Å². The van der Waals surface area contributed by atoms with Crippen LogP contribution < -0.4 is 15.8 Å². The first-order valence-corrected chi connectivity index (χ1v) is 8.79. The number of benzene rings is 2. The Labute approximate surface area is 165 Å². The molecule has 152 valence electrons. The SMILES string of the molecule is NC(=NCc1cccc(Cn2ccnc2)c1)NCc1ccc(OC(F)(F)F)cc1. The molecule has 0 bridgehead atoms. The van der Waals surface area contributed by atoms with Crippen LogP contribution >= 0.6 is 0 Å². The third-order valence-electron chi connectivity index (χ3n) is 3.98. The predicted octanol–water partition coefficient (Wildman–Crippen LogP) is 3.43. The lowest BCUT2D eigenvalue weighted by atomic mass is 10.1. The van der Waals surface area contributed by atoms with Gasteiger partial charge < -0.3 is 20.4 Å². The molecule has 0 radical (unpaired) electrons. The van der Waals surface area contributed by atoms with Gasteiger partial charge in [0.1, 0.15) is 5.75 Å². The van der Waals surface area contributed by atoms with Gasteiger partial charge in [-0.05, 0) is 28.8 Å². The van der Waals surface area contributed by atoms with Crippen molar-refractivity contribution in [2.75, 3.05) is 0 Å². The van der Waals surface area contributed by atoms with Crippen LogP contribution in [0.3, 0.4) is 0 Å². The maximum absolute atomic E-state index is 12.2. The number of nitrogens with one attached hydrogen (secondary N) is 1. The molecule has 0 fully saturated rings. The van der Waals surface area contributed by atoms with Gasteiger partial charge in [-0.25, -0.2) is 9.98 Å². The van der Waals surface area contributed by atoms with Crippen molar-refractivity contribution in [2.45, 2.75) is 26.0 Å². The number of aromatic nitrogens is 2. The summed E-state index contributed by atoms with van der Waals surface area (Å²) in [5.74, 6) is -0.0147. The van der Waals surface area contributed by atoms with Crippen LogP contribution in [0.5, 0.6) is 5.75 Å². The van der Waals surface area contributed by atoms with Gasteiger partial charge >= 0.3 is 6.36 Å². The number of imidazole rings is 1. The van der Waals surface area contributed by atoms with Crippen molar-refractivity contribution in [1.82, 2.24) is 14.9 Å². The molecule has 0 aliphatic heterocycles. The second-order valence-corrected chi connectivity index (χ2v) is 6.30. The molecule has 0 saturated heterocycles. The molecule has 0 amide bonds. The van der Waals surface area contributed by atoms with E-state index >= 15 is 0 Å². The molecule has 0 saturated carbocycles. The maximum Gasteiger partial charge on any atom is 0.573 e. The van der Waals surface area contributed by atoms with Gasteiger partial charge in [-0.15, -0.1) is 13.2 Å². The fraction of sp³-hybridized carbons (Fsp3) is 0.200. The highest BCUT2D eigenvalue weighted by Crippen LogP contribution is 2.22. The Morgan fingerprint density at radius 3 is 2.55 bits per heavy atom. The molecule has 0 aliphatic rings. The summed E-state index contributed by atoms with van der Waals surface area (Å²) in [6.45, 7) is 1.47. The van der Waals surface area contributed by atoms with E-state index in [1.165, 1.54) is 24.3 Å². The molecule has 0 atom stereocenters. The Kier molecular flexibility index (Phi) is 6.38. The van der Waals surface area contributed by atoms with E-state index in [4.69, 9.17) is 5.73 Å². The van der Waals surface area contributed by atoms with E-state index in [2.05, 4.69) is 26.1 Å². The predicted molar refractivity (Wildman–Crippen MR) is 103 cm³/mol. The van der Waals surface area contributed by atoms with Gasteiger partial charge in [0, 0.05) is 25.5 Å². The molecule has 3 N–H and O–H groups in total. The number of nitrogens with zero attached hydrogens (tertiary/aromatic N) is 3. The van der Waals surface area contributed by atoms with Crippen molar-refractivity contribution >= 4 is 5.96 Å². The molecule has 9 heteroatoms. The Morgan fingerprint density at radius 2 is 1.86 bits per heavy atom. The summed E-state index contributed by atoms with van der Waals surface area (Å²) in [6.07, 6.45) is 0.688. The van der Waals surface area contributed by atoms with Crippen LogP contribution in [0.2, 0.25) is 0 Å². The van der Waals surface area contributed by atoms with Gasteiger partial charge in [0.05, 0.1) is 12.9 Å². The molecule has 1 aromatic heterocycles. The quantitative estimate of drug-likeness (QED) is 0.468. The summed E-state index contributed by atoms with van der Waals surface area (Å²) in [7, 11) is 0. The van der Waals surface area contributed by atoms with Crippen molar-refractivity contribution < 1.29 is 17.9 Å². The Hall–Kier alpha value is -3.49. The average molecular weight is 403 g/mol. The number of alkyl halides is 3. The molecular formula is C20H20F3N5O. The molecule has 3 aromatic rings. The van der Waals surface area contributed by atoms with Crippen LogP contribution in [0.1, 0.15) is 16.7 Å². The number of halogens is 3. The lowest BCUT2D eigenvalue weighted by Crippen LogP contribution is -2.31. The van der Waals surface area contributed by atoms with Gasteiger partial charge in [0.2, 0.25) is 0 Å². The molecule has 6 nitrogen and oxygen atoms in total. The van der Waals surface area contributed by atoms with Crippen LogP contribution in [0.25, 0.3) is 0 Å². The summed E-state index contributed by atoms with van der Waals surface area (Å²) in [6, 6.07) is 13.6. The minimum absolute atomic E-state index is 0.251. The van der Waals surface area contributed by atoms with Gasteiger partial charge in [-0.1, -0.05) is 36.4 Å². The standard InChI is InChI=1S/C20H20F3N5O/c21-20(22,23)29-18-6-4-15(5-7-18)11-26-19(24)27-12-16-2-1-3-17(10-16)13-28-9-8-25-14-28/h1-10,14H,11-13H2,(H3,24,26,27). The van der Waals surface area contributed by atoms with E-state index in [9.17, 15) is 13.2 Å². The molecule has 1 heterocycles. The molecule has 0 spiro atoms. The zero-order valence-electron chi connectivity index (χ0n) is 15.4. The second kappa shape index (κ2) is 9.13. The number of aliphatic imine (C=N–C) groups is 1. The first kappa shape index (κ1) is 20.2. The highest BCUT2D eigenvalue weighted by molar-refractivity contribution is 5.77. The first-order chi connectivity index (χ1) is 13.9. The van der Waals surface area contributed by atoms with Crippen molar-refractivity contribution in [3.8, 4) is 5.75 Å². The number of hydrogen-bond acceptors (Lipinski definition) is 3. The van der Waals surface area contributed by atoms with Gasteiger partial charge in [-0.2, -0.15) is 0 Å². The highest BCUT2D eigenvalue weighted by atomic mass is 19.4. The topological polar surface area (TPSA) is 77.5 Å². The number of ether oxygens (including phenoxy) is 1. The van der Waals surface area contributed by atoms with Crippen LogP contribution in [0.15, 0.2) is 72.2 Å². The molecule has 3 rings (SSSR count). The van der Waals surface area contributed by atoms with Gasteiger partial charge in [-0.3, -0.25) is 0 Å². The Balaban J connectivity index is 1.50. The minimum atomic E-state index is -4.70. The minimum Gasteiger partial charge on any atom is -0.406 e. The lowest BCUT2D eigenvalue weighted by Gasteiger charge is -2.10. The van der Waals surface area contributed by atoms with Crippen LogP contribution in [-0.4, -0.2) is 21.9 Å². The normalized spacial score (nSPS) is 12.0. The number of hydrogen-bond donors (Lipinski definition) is 2. The molecule has 0 aliphatic carbocycles. The van der Waals surface area contributed by atoms with Gasteiger partial charge in [0.15, 0.2) is 5.96 Å². The fourth-order valence-corrected chi connectivity index (χ4v) is 2.65. The number of guanidine groups is 1. The maximum atomic E-state index is 12.2. The summed E-state index contributed by atoms with van der Waals surface area (Å²) in [4.78, 5) is 8.33. The number of rotatable bonds is 7. The van der Waals surface area contributed by atoms with Gasteiger partial charge in [0.25, 0.3) is 0 Å². The molecule has 0 unspecified atom stereocenters. The highest BCUT2D eigenvalue weighted by Gasteiger charge is 2.30. The smallest absolute Gasteiger partial charge is 0.406 e. The largest absolute Gasteiger partial charge is 0.573 e. The summed E-state index contributed by atoms with van der Waals surface area (Å²) in [5.41, 5.74) is 8.78. The van der Waals surface area contributed by atoms with Crippen LogP contribution in [-0.2, 0) is 19.6 Å². The summed E-state index contributed by atoms with van der Waals surface area (Å²) < 4.78 is 42.3. The zero-order valence-corrected chi connectivity index (χ0v) is 15.4. The average Bonchev–Trinajstić information content (AvgIpc) is 3.18. The third-order valence-corrected chi connectivity index (χ3v) is 3.98. The van der Waals surface area contributed by atoms with Crippen molar-refractivity contribution in [2.24, 2.45) is 10.7 Å². The van der Waals surface area contributed by atoms with E-state index < -0.39 is 6.36 Å². The number of nitrogens with two attached hydrogens (primary N) is 1. The van der Waals surface area contributed by atoms with Crippen molar-refractivity contribution in [3.05, 3.63) is 83.9 Å². The Morgan fingerprint density at radius 1 is 1.10 bits per heavy atom.